The summed E-state index contributed by atoms with van der Waals surface area (Å²) in [5.41, 5.74) is 5.27. The van der Waals surface area contributed by atoms with Crippen LogP contribution in [0.2, 0.25) is 0 Å². The first-order chi connectivity index (χ1) is 12.8. The zero-order valence-corrected chi connectivity index (χ0v) is 16.3. The number of fused-ring (bicyclic) bond motifs is 2. The highest BCUT2D eigenvalue weighted by molar-refractivity contribution is 7.17. The molecule has 26 heavy (non-hydrogen) atoms. The van der Waals surface area contributed by atoms with Gasteiger partial charge in [0.1, 0.15) is 4.83 Å². The van der Waals surface area contributed by atoms with E-state index in [1.165, 1.54) is 55.2 Å². The summed E-state index contributed by atoms with van der Waals surface area (Å²) in [6.07, 6.45) is 11.3. The van der Waals surface area contributed by atoms with Gasteiger partial charge in [-0.15, -0.1) is 11.3 Å². The second-order valence-electron chi connectivity index (χ2n) is 7.32. The number of hydrogen-bond donors (Lipinski definition) is 0. The standard InChI is InChI=1S/C22H26N2OS/c1-2-3-4-7-12-24-15-23-21-20(22(24)25)19(14-26-21)18-11-10-16-8-5-6-9-17(16)13-18/h10-11,13-15H,2-9,12H2,1H3. The average molecular weight is 367 g/mol. The van der Waals surface area contributed by atoms with E-state index >= 15 is 0 Å². The minimum absolute atomic E-state index is 0.112. The molecule has 1 aliphatic carbocycles. The van der Waals surface area contributed by atoms with Crippen LogP contribution in [0.15, 0.2) is 34.7 Å². The highest BCUT2D eigenvalue weighted by Crippen LogP contribution is 2.33. The highest BCUT2D eigenvalue weighted by atomic mass is 32.1. The van der Waals surface area contributed by atoms with Crippen LogP contribution in [0, 0.1) is 0 Å². The van der Waals surface area contributed by atoms with Gasteiger partial charge in [0.05, 0.1) is 11.7 Å². The molecule has 0 aliphatic heterocycles. The van der Waals surface area contributed by atoms with Crippen molar-refractivity contribution in [1.82, 2.24) is 9.55 Å². The summed E-state index contributed by atoms with van der Waals surface area (Å²) in [7, 11) is 0. The number of aromatic nitrogens is 2. The molecule has 2 aromatic heterocycles. The van der Waals surface area contributed by atoms with E-state index in [9.17, 15) is 4.79 Å². The van der Waals surface area contributed by atoms with Gasteiger partial charge in [-0.05, 0) is 48.8 Å². The molecule has 3 nitrogen and oxygen atoms in total. The fourth-order valence-electron chi connectivity index (χ4n) is 3.95. The maximum atomic E-state index is 13.1. The third-order valence-electron chi connectivity index (χ3n) is 5.47. The minimum Gasteiger partial charge on any atom is -0.299 e. The first-order valence-electron chi connectivity index (χ1n) is 9.86. The van der Waals surface area contributed by atoms with E-state index in [4.69, 9.17) is 0 Å². The highest BCUT2D eigenvalue weighted by Gasteiger charge is 2.15. The van der Waals surface area contributed by atoms with Crippen LogP contribution >= 0.6 is 11.3 Å². The molecule has 4 heteroatoms. The molecule has 0 spiro atoms. The zero-order valence-electron chi connectivity index (χ0n) is 15.5. The van der Waals surface area contributed by atoms with E-state index in [2.05, 4.69) is 35.5 Å². The molecule has 0 radical (unpaired) electrons. The maximum Gasteiger partial charge on any atom is 0.262 e. The Morgan fingerprint density at radius 3 is 2.81 bits per heavy atom. The molecule has 3 aromatic rings. The molecule has 0 fully saturated rings. The summed E-state index contributed by atoms with van der Waals surface area (Å²) in [4.78, 5) is 18.5. The smallest absolute Gasteiger partial charge is 0.262 e. The number of rotatable bonds is 6. The van der Waals surface area contributed by atoms with Crippen molar-refractivity contribution in [2.45, 2.75) is 64.8 Å². The monoisotopic (exact) mass is 366 g/mol. The predicted molar refractivity (Wildman–Crippen MR) is 110 cm³/mol. The number of aryl methyl sites for hydroxylation is 3. The Morgan fingerprint density at radius 1 is 1.12 bits per heavy atom. The summed E-state index contributed by atoms with van der Waals surface area (Å²) in [5.74, 6) is 0. The average Bonchev–Trinajstić information content (AvgIpc) is 3.11. The third-order valence-corrected chi connectivity index (χ3v) is 6.36. The van der Waals surface area contributed by atoms with Crippen LogP contribution < -0.4 is 5.56 Å². The molecule has 0 bridgehead atoms. The largest absolute Gasteiger partial charge is 0.299 e. The van der Waals surface area contributed by atoms with Gasteiger partial charge in [-0.1, -0.05) is 44.4 Å². The van der Waals surface area contributed by atoms with E-state index in [0.717, 1.165) is 35.2 Å². The van der Waals surface area contributed by atoms with Gasteiger partial charge in [-0.3, -0.25) is 9.36 Å². The van der Waals surface area contributed by atoms with Gasteiger partial charge in [0, 0.05) is 17.5 Å². The summed E-state index contributed by atoms with van der Waals surface area (Å²) in [6.45, 7) is 2.97. The molecular weight excluding hydrogens is 340 g/mol. The van der Waals surface area contributed by atoms with E-state index < -0.39 is 0 Å². The van der Waals surface area contributed by atoms with Crippen molar-refractivity contribution < 1.29 is 0 Å². The molecule has 0 N–H and O–H groups in total. The van der Waals surface area contributed by atoms with E-state index in [1.54, 1.807) is 22.2 Å². The first-order valence-corrected chi connectivity index (χ1v) is 10.7. The van der Waals surface area contributed by atoms with Crippen molar-refractivity contribution in [3.63, 3.8) is 0 Å². The normalized spacial score (nSPS) is 13.9. The Hall–Kier alpha value is -1.94. The molecule has 1 aromatic carbocycles. The van der Waals surface area contributed by atoms with Gasteiger partial charge in [0.2, 0.25) is 0 Å². The second-order valence-corrected chi connectivity index (χ2v) is 8.18. The van der Waals surface area contributed by atoms with Crippen molar-refractivity contribution in [3.05, 3.63) is 51.4 Å². The molecule has 136 valence electrons. The lowest BCUT2D eigenvalue weighted by molar-refractivity contribution is 0.568. The van der Waals surface area contributed by atoms with Crippen molar-refractivity contribution in [3.8, 4) is 11.1 Å². The van der Waals surface area contributed by atoms with E-state index in [0.29, 0.717) is 0 Å². The Bertz CT molecular complexity index is 970. The van der Waals surface area contributed by atoms with Gasteiger partial charge in [-0.25, -0.2) is 4.98 Å². The first kappa shape index (κ1) is 17.5. The lowest BCUT2D eigenvalue weighted by Gasteiger charge is -2.16. The number of hydrogen-bond acceptors (Lipinski definition) is 3. The second kappa shape index (κ2) is 7.75. The van der Waals surface area contributed by atoms with Crippen LogP contribution in [-0.2, 0) is 19.4 Å². The van der Waals surface area contributed by atoms with Crippen molar-refractivity contribution >= 4 is 21.6 Å². The van der Waals surface area contributed by atoms with Crippen molar-refractivity contribution in [2.75, 3.05) is 0 Å². The van der Waals surface area contributed by atoms with Crippen LogP contribution in [0.25, 0.3) is 21.3 Å². The third kappa shape index (κ3) is 3.35. The van der Waals surface area contributed by atoms with Crippen LogP contribution in [0.3, 0.4) is 0 Å². The fourth-order valence-corrected chi connectivity index (χ4v) is 4.86. The number of unbranched alkanes of at least 4 members (excludes halogenated alkanes) is 3. The van der Waals surface area contributed by atoms with Gasteiger partial charge in [-0.2, -0.15) is 0 Å². The predicted octanol–water partition coefficient (Wildman–Crippen LogP) is 5.58. The van der Waals surface area contributed by atoms with Crippen LogP contribution in [-0.4, -0.2) is 9.55 Å². The molecule has 1 aliphatic rings. The van der Waals surface area contributed by atoms with Gasteiger partial charge < -0.3 is 0 Å². The Kier molecular flexibility index (Phi) is 5.21. The number of nitrogens with zero attached hydrogens (tertiary/aromatic N) is 2. The summed E-state index contributed by atoms with van der Waals surface area (Å²) >= 11 is 1.58. The minimum atomic E-state index is 0.112. The van der Waals surface area contributed by atoms with Crippen LogP contribution in [0.1, 0.15) is 56.6 Å². The molecular formula is C22H26N2OS. The SMILES string of the molecule is CCCCCCn1cnc2scc(-c3ccc4c(c3)CCCC4)c2c1=O. The molecule has 0 unspecified atom stereocenters. The molecule has 4 rings (SSSR count). The summed E-state index contributed by atoms with van der Waals surface area (Å²) < 4.78 is 1.80. The van der Waals surface area contributed by atoms with E-state index in [1.807, 2.05) is 0 Å². The van der Waals surface area contributed by atoms with Gasteiger partial charge >= 0.3 is 0 Å². The van der Waals surface area contributed by atoms with Crippen molar-refractivity contribution in [2.24, 2.45) is 0 Å². The van der Waals surface area contributed by atoms with Crippen LogP contribution in [0.5, 0.6) is 0 Å². The van der Waals surface area contributed by atoms with Crippen molar-refractivity contribution in [1.29, 1.82) is 0 Å². The Labute approximate surface area is 158 Å². The molecule has 0 atom stereocenters. The number of benzene rings is 1. The van der Waals surface area contributed by atoms with E-state index in [-0.39, 0.29) is 5.56 Å². The topological polar surface area (TPSA) is 34.9 Å². The Balaban J connectivity index is 1.70. The zero-order chi connectivity index (χ0) is 17.9. The summed E-state index contributed by atoms with van der Waals surface area (Å²) in [5, 5.41) is 2.90. The fraction of sp³-hybridized carbons (Fsp3) is 0.455. The lowest BCUT2D eigenvalue weighted by atomic mass is 9.89. The summed E-state index contributed by atoms with van der Waals surface area (Å²) in [6, 6.07) is 6.74. The molecule has 2 heterocycles. The molecule has 0 saturated heterocycles. The Morgan fingerprint density at radius 2 is 1.96 bits per heavy atom. The number of thiophene rings is 1. The maximum absolute atomic E-state index is 13.1. The van der Waals surface area contributed by atoms with Gasteiger partial charge in [0.15, 0.2) is 0 Å². The quantitative estimate of drug-likeness (QED) is 0.533. The molecule has 0 amide bonds. The van der Waals surface area contributed by atoms with Crippen LogP contribution in [0.4, 0.5) is 0 Å². The lowest BCUT2D eigenvalue weighted by Crippen LogP contribution is -2.20. The van der Waals surface area contributed by atoms with Gasteiger partial charge in [0.25, 0.3) is 5.56 Å². The molecule has 0 saturated carbocycles.